The summed E-state index contributed by atoms with van der Waals surface area (Å²) in [4.78, 5) is 37.6. The molecule has 34 heavy (non-hydrogen) atoms. The van der Waals surface area contributed by atoms with E-state index in [1.807, 2.05) is 0 Å². The third kappa shape index (κ3) is 5.62. The first kappa shape index (κ1) is 25.4. The number of esters is 2. The Morgan fingerprint density at radius 3 is 2.38 bits per heavy atom. The largest absolute Gasteiger partial charge is 0.462 e. The molecule has 12 heteroatoms. The van der Waals surface area contributed by atoms with Crippen LogP contribution in [0.5, 0.6) is 0 Å². The molecule has 1 amide bonds. The standard InChI is InChI=1S/C22H23FN4O5S2/c1-5-31-20(29)16-12(3)17(21(30)32-6-2)34-19(16)24-15(28)11-33-22-26-25-18(27(22)4)13-7-9-14(23)10-8-13/h7-10H,5-6,11H2,1-4H3,(H,24,28). The molecule has 0 aliphatic carbocycles. The van der Waals surface area contributed by atoms with E-state index in [4.69, 9.17) is 9.47 Å². The van der Waals surface area contributed by atoms with E-state index in [-0.39, 0.29) is 40.2 Å². The number of hydrogen-bond donors (Lipinski definition) is 1. The van der Waals surface area contributed by atoms with E-state index in [1.165, 1.54) is 12.1 Å². The number of nitrogens with one attached hydrogen (secondary N) is 1. The second kappa shape index (κ2) is 11.3. The molecule has 0 atom stereocenters. The highest BCUT2D eigenvalue weighted by Crippen LogP contribution is 2.34. The fourth-order valence-corrected chi connectivity index (χ4v) is 4.84. The lowest BCUT2D eigenvalue weighted by molar-refractivity contribution is -0.113. The van der Waals surface area contributed by atoms with Crippen molar-refractivity contribution in [2.75, 3.05) is 24.3 Å². The van der Waals surface area contributed by atoms with Gasteiger partial charge in [-0.1, -0.05) is 11.8 Å². The van der Waals surface area contributed by atoms with Crippen LogP contribution < -0.4 is 5.32 Å². The minimum absolute atomic E-state index is 0.0245. The Balaban J connectivity index is 1.75. The first-order valence-electron chi connectivity index (χ1n) is 10.3. The molecule has 3 rings (SSSR count). The van der Waals surface area contributed by atoms with Crippen molar-refractivity contribution < 1.29 is 28.2 Å². The average molecular weight is 507 g/mol. The number of rotatable bonds is 9. The average Bonchev–Trinajstić information content (AvgIpc) is 3.32. The maximum Gasteiger partial charge on any atom is 0.348 e. The highest BCUT2D eigenvalue weighted by atomic mass is 32.2. The molecule has 9 nitrogen and oxygen atoms in total. The van der Waals surface area contributed by atoms with E-state index in [0.717, 1.165) is 23.1 Å². The predicted octanol–water partition coefficient (Wildman–Crippen LogP) is 4.08. The molecular weight excluding hydrogens is 483 g/mol. The van der Waals surface area contributed by atoms with Gasteiger partial charge in [0.1, 0.15) is 15.7 Å². The number of ether oxygens (including phenoxy) is 2. The third-order valence-electron chi connectivity index (χ3n) is 4.61. The minimum Gasteiger partial charge on any atom is -0.462 e. The van der Waals surface area contributed by atoms with E-state index in [1.54, 1.807) is 44.5 Å². The second-order valence-corrected chi connectivity index (χ2v) is 8.87. The number of aromatic nitrogens is 3. The minimum atomic E-state index is -0.632. The van der Waals surface area contributed by atoms with E-state index < -0.39 is 17.8 Å². The Kier molecular flexibility index (Phi) is 8.40. The summed E-state index contributed by atoms with van der Waals surface area (Å²) < 4.78 is 25.0. The van der Waals surface area contributed by atoms with Gasteiger partial charge in [-0.05, 0) is 50.6 Å². The van der Waals surface area contributed by atoms with Crippen molar-refractivity contribution in [2.24, 2.45) is 7.05 Å². The first-order valence-corrected chi connectivity index (χ1v) is 12.1. The number of anilines is 1. The Hall–Kier alpha value is -3.25. The molecule has 0 saturated heterocycles. The topological polar surface area (TPSA) is 112 Å². The Morgan fingerprint density at radius 1 is 1.09 bits per heavy atom. The van der Waals surface area contributed by atoms with Gasteiger partial charge in [-0.2, -0.15) is 0 Å². The summed E-state index contributed by atoms with van der Waals surface area (Å²) in [6, 6.07) is 5.85. The Morgan fingerprint density at radius 2 is 1.74 bits per heavy atom. The van der Waals surface area contributed by atoms with Crippen molar-refractivity contribution in [3.05, 3.63) is 46.1 Å². The van der Waals surface area contributed by atoms with Gasteiger partial charge < -0.3 is 19.4 Å². The molecule has 1 aromatic carbocycles. The highest BCUT2D eigenvalue weighted by Gasteiger charge is 2.27. The van der Waals surface area contributed by atoms with Crippen LogP contribution in [0.2, 0.25) is 0 Å². The summed E-state index contributed by atoms with van der Waals surface area (Å²) in [6.45, 7) is 5.29. The van der Waals surface area contributed by atoms with Gasteiger partial charge in [0.2, 0.25) is 5.91 Å². The van der Waals surface area contributed by atoms with Crippen molar-refractivity contribution in [3.8, 4) is 11.4 Å². The summed E-state index contributed by atoms with van der Waals surface area (Å²) in [6.07, 6.45) is 0. The van der Waals surface area contributed by atoms with E-state index in [9.17, 15) is 18.8 Å². The predicted molar refractivity (Wildman–Crippen MR) is 127 cm³/mol. The molecular formula is C22H23FN4O5S2. The zero-order valence-electron chi connectivity index (χ0n) is 19.0. The maximum absolute atomic E-state index is 13.2. The monoisotopic (exact) mass is 506 g/mol. The van der Waals surface area contributed by atoms with Gasteiger partial charge in [-0.15, -0.1) is 21.5 Å². The van der Waals surface area contributed by atoms with Crippen molar-refractivity contribution in [1.29, 1.82) is 0 Å². The zero-order chi connectivity index (χ0) is 24.8. The van der Waals surface area contributed by atoms with Crippen molar-refractivity contribution in [3.63, 3.8) is 0 Å². The SMILES string of the molecule is CCOC(=O)c1sc(NC(=O)CSc2nnc(-c3ccc(F)cc3)n2C)c(C(=O)OCC)c1C. The lowest BCUT2D eigenvalue weighted by atomic mass is 10.1. The molecule has 0 unspecified atom stereocenters. The first-order chi connectivity index (χ1) is 16.3. The lowest BCUT2D eigenvalue weighted by Gasteiger charge is -2.07. The molecule has 0 radical (unpaired) electrons. The van der Waals surface area contributed by atoms with Gasteiger partial charge in [0.15, 0.2) is 11.0 Å². The van der Waals surface area contributed by atoms with Gasteiger partial charge in [-0.3, -0.25) is 4.79 Å². The molecule has 1 N–H and O–H groups in total. The molecule has 0 spiro atoms. The van der Waals surface area contributed by atoms with Crippen LogP contribution in [-0.2, 0) is 21.3 Å². The Bertz CT molecular complexity index is 1210. The van der Waals surface area contributed by atoms with E-state index in [0.29, 0.717) is 22.1 Å². The molecule has 2 heterocycles. The van der Waals surface area contributed by atoms with Gasteiger partial charge in [0, 0.05) is 12.6 Å². The number of amides is 1. The van der Waals surface area contributed by atoms with Crippen molar-refractivity contribution >= 4 is 45.9 Å². The summed E-state index contributed by atoms with van der Waals surface area (Å²) in [5.74, 6) is -1.46. The molecule has 2 aromatic heterocycles. The number of benzene rings is 1. The molecule has 0 fully saturated rings. The number of hydrogen-bond acceptors (Lipinski definition) is 9. The zero-order valence-corrected chi connectivity index (χ0v) is 20.6. The number of thiophene rings is 1. The summed E-state index contributed by atoms with van der Waals surface area (Å²) in [5, 5.41) is 11.6. The molecule has 180 valence electrons. The molecule has 0 aliphatic heterocycles. The van der Waals surface area contributed by atoms with Gasteiger partial charge in [0.05, 0.1) is 24.5 Å². The number of nitrogens with zero attached hydrogens (tertiary/aromatic N) is 3. The van der Waals surface area contributed by atoms with Gasteiger partial charge in [0.25, 0.3) is 0 Å². The van der Waals surface area contributed by atoms with Crippen LogP contribution in [0, 0.1) is 12.7 Å². The lowest BCUT2D eigenvalue weighted by Crippen LogP contribution is -2.16. The Labute approximate surface area is 203 Å². The molecule has 0 saturated carbocycles. The van der Waals surface area contributed by atoms with Crippen LogP contribution in [0.4, 0.5) is 9.39 Å². The van der Waals surface area contributed by atoms with Crippen LogP contribution in [-0.4, -0.2) is 51.6 Å². The molecule has 0 aliphatic rings. The third-order valence-corrected chi connectivity index (χ3v) is 6.82. The summed E-state index contributed by atoms with van der Waals surface area (Å²) in [5.41, 5.74) is 1.21. The fourth-order valence-electron chi connectivity index (χ4n) is 3.03. The van der Waals surface area contributed by atoms with Crippen LogP contribution >= 0.6 is 23.1 Å². The van der Waals surface area contributed by atoms with Crippen LogP contribution in [0.1, 0.15) is 39.4 Å². The number of carbonyl (C=O) groups is 3. The normalized spacial score (nSPS) is 10.7. The quantitative estimate of drug-likeness (QED) is 0.341. The molecule has 0 bridgehead atoms. The van der Waals surface area contributed by atoms with Crippen LogP contribution in [0.3, 0.4) is 0 Å². The van der Waals surface area contributed by atoms with Crippen LogP contribution in [0.15, 0.2) is 29.4 Å². The summed E-state index contributed by atoms with van der Waals surface area (Å²) in [7, 11) is 1.74. The van der Waals surface area contributed by atoms with E-state index >= 15 is 0 Å². The highest BCUT2D eigenvalue weighted by molar-refractivity contribution is 7.99. The smallest absolute Gasteiger partial charge is 0.348 e. The second-order valence-electron chi connectivity index (χ2n) is 6.91. The van der Waals surface area contributed by atoms with E-state index in [2.05, 4.69) is 15.5 Å². The van der Waals surface area contributed by atoms with Crippen LogP contribution in [0.25, 0.3) is 11.4 Å². The fraction of sp³-hybridized carbons (Fsp3) is 0.318. The molecule has 3 aromatic rings. The number of carbonyl (C=O) groups excluding carboxylic acids is 3. The van der Waals surface area contributed by atoms with Gasteiger partial charge >= 0.3 is 11.9 Å². The van der Waals surface area contributed by atoms with Crippen molar-refractivity contribution in [1.82, 2.24) is 14.8 Å². The number of halogens is 1. The number of thioether (sulfide) groups is 1. The maximum atomic E-state index is 13.2. The van der Waals surface area contributed by atoms with Crippen molar-refractivity contribution in [2.45, 2.75) is 25.9 Å². The summed E-state index contributed by atoms with van der Waals surface area (Å²) >= 11 is 2.11. The van der Waals surface area contributed by atoms with Gasteiger partial charge in [-0.25, -0.2) is 14.0 Å².